The van der Waals surface area contributed by atoms with E-state index in [0.29, 0.717) is 5.75 Å². The summed E-state index contributed by atoms with van der Waals surface area (Å²) >= 11 is 0. The molecule has 0 fully saturated rings. The van der Waals surface area contributed by atoms with Gasteiger partial charge in [0.25, 0.3) is 0 Å². The number of para-hydroxylation sites is 1. The second kappa shape index (κ2) is 6.00. The minimum absolute atomic E-state index is 0.195. The number of benzene rings is 2. The van der Waals surface area contributed by atoms with Crippen LogP contribution in [-0.4, -0.2) is 13.2 Å². The van der Waals surface area contributed by atoms with Crippen molar-refractivity contribution in [3.63, 3.8) is 0 Å². The number of rotatable bonds is 5. The van der Waals surface area contributed by atoms with Gasteiger partial charge in [0.15, 0.2) is 11.6 Å². The molecule has 0 radical (unpaired) electrons. The maximum atomic E-state index is 13.2. The fraction of sp³-hybridized carbons (Fsp3) is 0.143. The van der Waals surface area contributed by atoms with E-state index in [1.54, 1.807) is 18.2 Å². The van der Waals surface area contributed by atoms with Crippen molar-refractivity contribution in [1.29, 1.82) is 0 Å². The first kappa shape index (κ1) is 12.4. The van der Waals surface area contributed by atoms with Gasteiger partial charge in [-0.3, -0.25) is 0 Å². The van der Waals surface area contributed by atoms with Crippen LogP contribution in [0.15, 0.2) is 48.5 Å². The Bertz CT molecular complexity index is 497. The zero-order chi connectivity index (χ0) is 12.8. The Balaban J connectivity index is 1.76. The predicted molar refractivity (Wildman–Crippen MR) is 63.8 cm³/mol. The van der Waals surface area contributed by atoms with Crippen LogP contribution in [0, 0.1) is 11.6 Å². The van der Waals surface area contributed by atoms with Gasteiger partial charge in [0.1, 0.15) is 24.8 Å². The minimum Gasteiger partial charge on any atom is -0.490 e. The van der Waals surface area contributed by atoms with Crippen LogP contribution in [0.3, 0.4) is 0 Å². The van der Waals surface area contributed by atoms with E-state index in [9.17, 15) is 8.78 Å². The van der Waals surface area contributed by atoms with E-state index in [4.69, 9.17) is 9.47 Å². The summed E-state index contributed by atoms with van der Waals surface area (Å²) in [5.74, 6) is 0.0259. The summed E-state index contributed by atoms with van der Waals surface area (Å²) in [5.41, 5.74) is 0. The van der Waals surface area contributed by atoms with Gasteiger partial charge in [-0.05, 0) is 36.4 Å². The van der Waals surface area contributed by atoms with Crippen molar-refractivity contribution in [1.82, 2.24) is 0 Å². The fourth-order valence-electron chi connectivity index (χ4n) is 1.40. The van der Waals surface area contributed by atoms with E-state index in [1.807, 2.05) is 0 Å². The highest BCUT2D eigenvalue weighted by molar-refractivity contribution is 5.24. The van der Waals surface area contributed by atoms with Crippen LogP contribution in [0.2, 0.25) is 0 Å². The molecule has 0 unspecified atom stereocenters. The number of hydrogen-bond acceptors (Lipinski definition) is 2. The summed E-state index contributed by atoms with van der Waals surface area (Å²) in [6, 6.07) is 11.8. The highest BCUT2D eigenvalue weighted by atomic mass is 19.1. The summed E-state index contributed by atoms with van der Waals surface area (Å²) < 4.78 is 36.3. The van der Waals surface area contributed by atoms with E-state index >= 15 is 0 Å². The first-order valence-corrected chi connectivity index (χ1v) is 5.51. The first-order chi connectivity index (χ1) is 8.75. The normalized spacial score (nSPS) is 10.1. The van der Waals surface area contributed by atoms with Gasteiger partial charge in [-0.15, -0.1) is 0 Å². The van der Waals surface area contributed by atoms with Gasteiger partial charge in [-0.1, -0.05) is 12.1 Å². The lowest BCUT2D eigenvalue weighted by molar-refractivity contribution is 0.211. The van der Waals surface area contributed by atoms with E-state index in [0.717, 1.165) is 0 Å². The molecular weight excluding hydrogens is 238 g/mol. The lowest BCUT2D eigenvalue weighted by Crippen LogP contribution is -2.09. The van der Waals surface area contributed by atoms with Crippen LogP contribution in [0.1, 0.15) is 0 Å². The van der Waals surface area contributed by atoms with Crippen molar-refractivity contribution in [3.8, 4) is 11.5 Å². The monoisotopic (exact) mass is 250 g/mol. The summed E-state index contributed by atoms with van der Waals surface area (Å²) in [7, 11) is 0. The van der Waals surface area contributed by atoms with Crippen molar-refractivity contribution in [2.45, 2.75) is 0 Å². The average molecular weight is 250 g/mol. The highest BCUT2D eigenvalue weighted by Gasteiger charge is 2.01. The molecule has 94 valence electrons. The quantitative estimate of drug-likeness (QED) is 0.757. The summed E-state index contributed by atoms with van der Waals surface area (Å²) in [6.07, 6.45) is 0. The van der Waals surface area contributed by atoms with Crippen LogP contribution in [0.4, 0.5) is 8.78 Å². The highest BCUT2D eigenvalue weighted by Crippen LogP contribution is 2.15. The topological polar surface area (TPSA) is 18.5 Å². The Morgan fingerprint density at radius 1 is 0.778 bits per heavy atom. The van der Waals surface area contributed by atoms with Gasteiger partial charge in [0.2, 0.25) is 0 Å². The minimum atomic E-state index is -0.403. The molecule has 4 heteroatoms. The molecule has 0 heterocycles. The third-order valence-corrected chi connectivity index (χ3v) is 2.26. The molecule has 0 atom stereocenters. The van der Waals surface area contributed by atoms with Crippen LogP contribution < -0.4 is 9.47 Å². The van der Waals surface area contributed by atoms with Gasteiger partial charge >= 0.3 is 0 Å². The molecule has 2 aromatic rings. The molecular formula is C14H12F2O2. The lowest BCUT2D eigenvalue weighted by atomic mass is 10.3. The van der Waals surface area contributed by atoms with Gasteiger partial charge in [0, 0.05) is 0 Å². The number of ether oxygens (including phenoxy) is 2. The molecule has 18 heavy (non-hydrogen) atoms. The molecule has 2 rings (SSSR count). The zero-order valence-electron chi connectivity index (χ0n) is 9.61. The molecule has 0 spiro atoms. The van der Waals surface area contributed by atoms with E-state index < -0.39 is 5.82 Å². The first-order valence-electron chi connectivity index (χ1n) is 5.51. The Hall–Kier alpha value is -2.10. The smallest absolute Gasteiger partial charge is 0.165 e. The molecule has 0 bridgehead atoms. The average Bonchev–Trinajstić information content (AvgIpc) is 2.39. The van der Waals surface area contributed by atoms with Crippen molar-refractivity contribution in [3.05, 3.63) is 60.2 Å². The van der Waals surface area contributed by atoms with E-state index in [2.05, 4.69) is 0 Å². The van der Waals surface area contributed by atoms with Crippen LogP contribution in [0.5, 0.6) is 11.5 Å². The molecule has 0 saturated carbocycles. The molecule has 2 nitrogen and oxygen atoms in total. The Kier molecular flexibility index (Phi) is 4.12. The summed E-state index contributed by atoms with van der Waals surface area (Å²) in [5, 5.41) is 0. The second-order valence-corrected chi connectivity index (χ2v) is 3.58. The van der Waals surface area contributed by atoms with Crippen molar-refractivity contribution >= 4 is 0 Å². The van der Waals surface area contributed by atoms with E-state index in [1.165, 1.54) is 30.3 Å². The predicted octanol–water partition coefficient (Wildman–Crippen LogP) is 3.42. The Morgan fingerprint density at radius 3 is 2.17 bits per heavy atom. The Labute approximate surface area is 104 Å². The van der Waals surface area contributed by atoms with Gasteiger partial charge in [-0.2, -0.15) is 0 Å². The number of hydrogen-bond donors (Lipinski definition) is 0. The largest absolute Gasteiger partial charge is 0.490 e. The molecule has 0 amide bonds. The van der Waals surface area contributed by atoms with Gasteiger partial charge in [0.05, 0.1) is 0 Å². The van der Waals surface area contributed by atoms with Crippen LogP contribution in [-0.2, 0) is 0 Å². The molecule has 0 N–H and O–H groups in total. The number of halogens is 2. The Morgan fingerprint density at radius 2 is 1.44 bits per heavy atom. The molecule has 0 aromatic heterocycles. The summed E-state index contributed by atoms with van der Waals surface area (Å²) in [6.45, 7) is 0.484. The van der Waals surface area contributed by atoms with Crippen molar-refractivity contribution in [2.75, 3.05) is 13.2 Å². The molecule has 0 aliphatic heterocycles. The maximum Gasteiger partial charge on any atom is 0.165 e. The molecule has 0 saturated heterocycles. The maximum absolute atomic E-state index is 13.2. The van der Waals surface area contributed by atoms with Crippen molar-refractivity contribution in [2.24, 2.45) is 0 Å². The van der Waals surface area contributed by atoms with E-state index in [-0.39, 0.29) is 24.8 Å². The zero-order valence-corrected chi connectivity index (χ0v) is 9.61. The van der Waals surface area contributed by atoms with Crippen molar-refractivity contribution < 1.29 is 18.3 Å². The molecule has 0 aliphatic carbocycles. The lowest BCUT2D eigenvalue weighted by Gasteiger charge is -2.08. The third kappa shape index (κ3) is 3.45. The molecule has 0 aliphatic rings. The third-order valence-electron chi connectivity index (χ3n) is 2.26. The second-order valence-electron chi connectivity index (χ2n) is 3.58. The van der Waals surface area contributed by atoms with Gasteiger partial charge in [-0.25, -0.2) is 8.78 Å². The SMILES string of the molecule is Fc1ccc(OCCOc2ccccc2F)cc1. The summed E-state index contributed by atoms with van der Waals surface area (Å²) in [4.78, 5) is 0. The van der Waals surface area contributed by atoms with Gasteiger partial charge < -0.3 is 9.47 Å². The van der Waals surface area contributed by atoms with Crippen LogP contribution >= 0.6 is 0 Å². The molecule has 2 aromatic carbocycles. The van der Waals surface area contributed by atoms with Crippen LogP contribution in [0.25, 0.3) is 0 Å². The standard InChI is InChI=1S/C14H12F2O2/c15-11-5-7-12(8-6-11)17-9-10-18-14-4-2-1-3-13(14)16/h1-8H,9-10H2. The fourth-order valence-corrected chi connectivity index (χ4v) is 1.40.